The van der Waals surface area contributed by atoms with Crippen LogP contribution in [0.3, 0.4) is 0 Å². The van der Waals surface area contributed by atoms with Gasteiger partial charge in [0.2, 0.25) is 5.95 Å². The molecule has 0 unspecified atom stereocenters. The molecule has 2 amide bonds. The van der Waals surface area contributed by atoms with Gasteiger partial charge in [0.1, 0.15) is 5.82 Å². The number of para-hydroxylation sites is 3. The number of carbonyl (C=O) groups excluding carboxylic acids is 1. The molecule has 0 bridgehead atoms. The van der Waals surface area contributed by atoms with E-state index in [0.717, 1.165) is 16.9 Å². The normalized spacial score (nSPS) is 13.3. The minimum atomic E-state index is -0.271. The molecule has 0 spiro atoms. The van der Waals surface area contributed by atoms with E-state index in [1.54, 1.807) is 31.4 Å². The van der Waals surface area contributed by atoms with Crippen LogP contribution in [-0.2, 0) is 6.54 Å². The van der Waals surface area contributed by atoms with E-state index >= 15 is 0 Å². The summed E-state index contributed by atoms with van der Waals surface area (Å²) in [6.45, 7) is 0.273. The maximum Gasteiger partial charge on any atom is 0.330 e. The molecule has 1 aliphatic rings. The molecule has 2 aromatic carbocycles. The standard InChI is InChI=1S/C20H18Cl2N6O/c1-23-15-8-3-4-9-16(15)25-19-24-10-12-11-28(20(29)27(2)18(12)26-19)17-13(21)6-5-7-14(17)22/h3-10,23H,11H2,1-2H3,(H,24,25,26). The van der Waals surface area contributed by atoms with Crippen molar-refractivity contribution in [2.45, 2.75) is 6.54 Å². The number of nitrogens with one attached hydrogen (secondary N) is 2. The van der Waals surface area contributed by atoms with Crippen molar-refractivity contribution in [1.82, 2.24) is 9.97 Å². The van der Waals surface area contributed by atoms with E-state index in [-0.39, 0.29) is 12.6 Å². The highest BCUT2D eigenvalue weighted by molar-refractivity contribution is 6.40. The first-order valence-corrected chi connectivity index (χ1v) is 9.64. The van der Waals surface area contributed by atoms with Gasteiger partial charge in [-0.05, 0) is 24.3 Å². The van der Waals surface area contributed by atoms with Gasteiger partial charge in [-0.15, -0.1) is 0 Å². The Morgan fingerprint density at radius 2 is 1.72 bits per heavy atom. The third-order valence-electron chi connectivity index (χ3n) is 4.66. The fourth-order valence-corrected chi connectivity index (χ4v) is 3.82. The number of hydrogen-bond acceptors (Lipinski definition) is 5. The zero-order chi connectivity index (χ0) is 20.5. The first-order valence-electron chi connectivity index (χ1n) is 8.88. The molecule has 148 valence electrons. The minimum Gasteiger partial charge on any atom is -0.386 e. The van der Waals surface area contributed by atoms with E-state index in [1.807, 2.05) is 31.3 Å². The molecule has 2 N–H and O–H groups in total. The quantitative estimate of drug-likeness (QED) is 0.601. The van der Waals surface area contributed by atoms with E-state index in [2.05, 4.69) is 20.6 Å². The molecule has 0 atom stereocenters. The number of amides is 2. The second-order valence-corrected chi connectivity index (χ2v) is 7.28. The molecular formula is C20H18Cl2N6O. The Balaban J connectivity index is 1.67. The summed E-state index contributed by atoms with van der Waals surface area (Å²) in [5.74, 6) is 0.934. The van der Waals surface area contributed by atoms with Crippen molar-refractivity contribution < 1.29 is 4.79 Å². The molecule has 2 heterocycles. The summed E-state index contributed by atoms with van der Waals surface area (Å²) in [7, 11) is 3.51. The van der Waals surface area contributed by atoms with Crippen molar-refractivity contribution in [2.24, 2.45) is 0 Å². The number of urea groups is 1. The molecule has 7 nitrogen and oxygen atoms in total. The second kappa shape index (κ2) is 7.77. The smallest absolute Gasteiger partial charge is 0.330 e. The Hall–Kier alpha value is -3.03. The van der Waals surface area contributed by atoms with Crippen molar-refractivity contribution in [3.8, 4) is 0 Å². The summed E-state index contributed by atoms with van der Waals surface area (Å²) in [5, 5.41) is 7.12. The number of benzene rings is 2. The first-order chi connectivity index (χ1) is 14.0. The second-order valence-electron chi connectivity index (χ2n) is 6.46. The van der Waals surface area contributed by atoms with Crippen molar-refractivity contribution in [1.29, 1.82) is 0 Å². The Labute approximate surface area is 178 Å². The summed E-state index contributed by atoms with van der Waals surface area (Å²) in [4.78, 5) is 25.0. The van der Waals surface area contributed by atoms with Crippen LogP contribution in [0, 0.1) is 0 Å². The van der Waals surface area contributed by atoms with E-state index in [0.29, 0.717) is 27.5 Å². The van der Waals surface area contributed by atoms with Gasteiger partial charge in [0.25, 0.3) is 0 Å². The van der Waals surface area contributed by atoms with E-state index in [9.17, 15) is 4.79 Å². The van der Waals surface area contributed by atoms with Gasteiger partial charge in [-0.2, -0.15) is 4.98 Å². The van der Waals surface area contributed by atoms with Crippen molar-refractivity contribution >= 4 is 58.1 Å². The average Bonchev–Trinajstić information content (AvgIpc) is 2.72. The van der Waals surface area contributed by atoms with Gasteiger partial charge in [-0.25, -0.2) is 9.78 Å². The van der Waals surface area contributed by atoms with Gasteiger partial charge in [-0.3, -0.25) is 9.80 Å². The number of aromatic nitrogens is 2. The van der Waals surface area contributed by atoms with Crippen LogP contribution in [0.25, 0.3) is 0 Å². The van der Waals surface area contributed by atoms with E-state index in [1.165, 1.54) is 9.80 Å². The van der Waals surface area contributed by atoms with Crippen LogP contribution in [0.1, 0.15) is 5.56 Å². The Morgan fingerprint density at radius 3 is 2.41 bits per heavy atom. The molecular weight excluding hydrogens is 411 g/mol. The lowest BCUT2D eigenvalue weighted by molar-refractivity contribution is 0.251. The Morgan fingerprint density at radius 1 is 1.03 bits per heavy atom. The predicted octanol–water partition coefficient (Wildman–Crippen LogP) is 5.15. The van der Waals surface area contributed by atoms with Gasteiger partial charge in [0.15, 0.2) is 0 Å². The molecule has 4 rings (SSSR count). The number of anilines is 5. The van der Waals surface area contributed by atoms with Gasteiger partial charge in [0, 0.05) is 25.9 Å². The van der Waals surface area contributed by atoms with Gasteiger partial charge in [0.05, 0.1) is 33.7 Å². The van der Waals surface area contributed by atoms with Crippen LogP contribution in [0.2, 0.25) is 10.0 Å². The van der Waals surface area contributed by atoms with Crippen molar-refractivity contribution in [2.75, 3.05) is 34.5 Å². The van der Waals surface area contributed by atoms with Crippen LogP contribution >= 0.6 is 23.2 Å². The molecule has 0 fully saturated rings. The predicted molar refractivity (Wildman–Crippen MR) is 118 cm³/mol. The third-order valence-corrected chi connectivity index (χ3v) is 5.27. The molecule has 9 heteroatoms. The molecule has 3 aromatic rings. The zero-order valence-corrected chi connectivity index (χ0v) is 17.3. The van der Waals surface area contributed by atoms with Crippen LogP contribution in [0.15, 0.2) is 48.7 Å². The summed E-state index contributed by atoms with van der Waals surface area (Å²) < 4.78 is 0. The highest BCUT2D eigenvalue weighted by Crippen LogP contribution is 2.38. The molecule has 0 aliphatic carbocycles. The Kier molecular flexibility index (Phi) is 5.17. The summed E-state index contributed by atoms with van der Waals surface area (Å²) >= 11 is 12.6. The highest BCUT2D eigenvalue weighted by Gasteiger charge is 2.32. The maximum atomic E-state index is 13.0. The SMILES string of the molecule is CNc1ccccc1Nc1ncc2c(n1)N(C)C(=O)N(c1c(Cl)cccc1Cl)C2. The number of hydrogen-bond donors (Lipinski definition) is 2. The molecule has 0 saturated heterocycles. The molecule has 0 radical (unpaired) electrons. The highest BCUT2D eigenvalue weighted by atomic mass is 35.5. The largest absolute Gasteiger partial charge is 0.386 e. The van der Waals surface area contributed by atoms with Crippen molar-refractivity contribution in [3.05, 3.63) is 64.3 Å². The molecule has 0 saturated carbocycles. The minimum absolute atomic E-state index is 0.271. The lowest BCUT2D eigenvalue weighted by atomic mass is 10.2. The third kappa shape index (κ3) is 3.54. The fourth-order valence-electron chi connectivity index (χ4n) is 3.22. The van der Waals surface area contributed by atoms with Crippen LogP contribution in [0.4, 0.5) is 33.6 Å². The van der Waals surface area contributed by atoms with Crippen LogP contribution in [-0.4, -0.2) is 30.1 Å². The maximum absolute atomic E-state index is 13.0. The zero-order valence-electron chi connectivity index (χ0n) is 15.8. The summed E-state index contributed by atoms with van der Waals surface area (Å²) in [6, 6.07) is 12.6. The molecule has 1 aromatic heterocycles. The number of fused-ring (bicyclic) bond motifs is 1. The summed E-state index contributed by atoms with van der Waals surface area (Å²) in [6.07, 6.45) is 1.70. The monoisotopic (exact) mass is 428 g/mol. The molecule has 1 aliphatic heterocycles. The van der Waals surface area contributed by atoms with Gasteiger partial charge in [-0.1, -0.05) is 41.4 Å². The van der Waals surface area contributed by atoms with Gasteiger partial charge >= 0.3 is 6.03 Å². The lowest BCUT2D eigenvalue weighted by Gasteiger charge is -2.34. The molecule has 29 heavy (non-hydrogen) atoms. The number of carbonyl (C=O) groups is 1. The Bertz CT molecular complexity index is 1070. The van der Waals surface area contributed by atoms with Crippen molar-refractivity contribution in [3.63, 3.8) is 0 Å². The van der Waals surface area contributed by atoms with E-state index in [4.69, 9.17) is 23.2 Å². The number of rotatable bonds is 4. The fraction of sp³-hybridized carbons (Fsp3) is 0.150. The lowest BCUT2D eigenvalue weighted by Crippen LogP contribution is -2.46. The van der Waals surface area contributed by atoms with Crippen LogP contribution in [0.5, 0.6) is 0 Å². The van der Waals surface area contributed by atoms with E-state index < -0.39 is 0 Å². The topological polar surface area (TPSA) is 73.4 Å². The van der Waals surface area contributed by atoms with Crippen LogP contribution < -0.4 is 20.4 Å². The average molecular weight is 429 g/mol. The first kappa shape index (κ1) is 19.3. The number of nitrogens with zero attached hydrogens (tertiary/aromatic N) is 4. The van der Waals surface area contributed by atoms with Gasteiger partial charge < -0.3 is 10.6 Å². The summed E-state index contributed by atoms with van der Waals surface area (Å²) in [5.41, 5.74) is 3.01. The number of halogens is 2.